The molecular weight excluding hydrogens is 474 g/mol. The lowest BCUT2D eigenvalue weighted by molar-refractivity contribution is 0.0705. The quantitative estimate of drug-likeness (QED) is 0.394. The summed E-state index contributed by atoms with van der Waals surface area (Å²) in [5.74, 6) is 0.0664. The summed E-state index contributed by atoms with van der Waals surface area (Å²) in [6.07, 6.45) is 14.5. The van der Waals surface area contributed by atoms with Crippen molar-refractivity contribution in [1.29, 1.82) is 0 Å². The fourth-order valence-corrected chi connectivity index (χ4v) is 4.91. The molecule has 0 aromatic carbocycles. The van der Waals surface area contributed by atoms with Crippen LogP contribution >= 0.6 is 12.6 Å². The van der Waals surface area contributed by atoms with Crippen molar-refractivity contribution in [3.8, 4) is 6.01 Å². The van der Waals surface area contributed by atoms with Crippen LogP contribution in [0.5, 0.6) is 6.01 Å². The molecule has 10 heteroatoms. The van der Waals surface area contributed by atoms with Crippen LogP contribution in [-0.4, -0.2) is 64.0 Å². The molecule has 3 N–H and O–H groups in total. The summed E-state index contributed by atoms with van der Waals surface area (Å²) in [4.78, 5) is 28.7. The lowest BCUT2D eigenvalue weighted by atomic mass is 9.99. The van der Waals surface area contributed by atoms with Gasteiger partial charge in [0.25, 0.3) is 11.9 Å². The number of carbonyl (C=O) groups excluding carboxylic acids is 1. The number of fused-ring (bicyclic) bond motifs is 1. The SMILES string of the molecule is N/C(=C\C=N/CNC1CCN(C(=O)c2ccncc2)CC1)c1c(C2=CC=C(S)CC2)nc2n1CCO2. The van der Waals surface area contributed by atoms with Gasteiger partial charge in [0, 0.05) is 43.3 Å². The molecule has 0 saturated carbocycles. The Morgan fingerprint density at radius 2 is 2.03 bits per heavy atom. The first-order valence-corrected chi connectivity index (χ1v) is 12.8. The van der Waals surface area contributed by atoms with Crippen molar-refractivity contribution in [3.63, 3.8) is 0 Å². The number of imidazole rings is 1. The van der Waals surface area contributed by atoms with Gasteiger partial charge in [0.2, 0.25) is 0 Å². The Balaban J connectivity index is 1.15. The van der Waals surface area contributed by atoms with E-state index in [1.165, 1.54) is 0 Å². The summed E-state index contributed by atoms with van der Waals surface area (Å²) in [6.45, 7) is 3.29. The molecule has 36 heavy (non-hydrogen) atoms. The Labute approximate surface area is 216 Å². The summed E-state index contributed by atoms with van der Waals surface area (Å²) >= 11 is 4.46. The third kappa shape index (κ3) is 5.39. The van der Waals surface area contributed by atoms with Crippen molar-refractivity contribution in [2.45, 2.75) is 38.3 Å². The smallest absolute Gasteiger partial charge is 0.297 e. The highest BCUT2D eigenvalue weighted by molar-refractivity contribution is 7.84. The number of likely N-dealkylation sites (tertiary alicyclic amines) is 1. The number of hydrogen-bond acceptors (Lipinski definition) is 8. The van der Waals surface area contributed by atoms with Gasteiger partial charge in [0.15, 0.2) is 0 Å². The van der Waals surface area contributed by atoms with E-state index < -0.39 is 0 Å². The second-order valence-electron chi connectivity index (χ2n) is 9.06. The average molecular weight is 506 g/mol. The van der Waals surface area contributed by atoms with Gasteiger partial charge in [0.1, 0.15) is 6.61 Å². The van der Waals surface area contributed by atoms with Gasteiger partial charge in [-0.15, -0.1) is 12.6 Å². The van der Waals surface area contributed by atoms with Crippen LogP contribution in [0.25, 0.3) is 11.3 Å². The van der Waals surface area contributed by atoms with Crippen molar-refractivity contribution in [2.24, 2.45) is 10.7 Å². The fraction of sp³-hybridized carbons (Fsp3) is 0.385. The Morgan fingerprint density at radius 1 is 1.22 bits per heavy atom. The zero-order chi connectivity index (χ0) is 24.9. The molecule has 2 aromatic rings. The molecule has 2 aromatic heterocycles. The maximum Gasteiger partial charge on any atom is 0.297 e. The zero-order valence-electron chi connectivity index (χ0n) is 20.1. The molecule has 1 fully saturated rings. The number of piperidine rings is 1. The maximum atomic E-state index is 12.6. The predicted molar refractivity (Wildman–Crippen MR) is 144 cm³/mol. The van der Waals surface area contributed by atoms with Crippen molar-refractivity contribution >= 4 is 36.0 Å². The van der Waals surface area contributed by atoms with Crippen LogP contribution in [0.4, 0.5) is 0 Å². The number of aromatic nitrogens is 3. The van der Waals surface area contributed by atoms with E-state index in [0.29, 0.717) is 36.6 Å². The third-order valence-electron chi connectivity index (χ3n) is 6.72. The number of thiol groups is 1. The minimum Gasteiger partial charge on any atom is -0.463 e. The molecule has 4 heterocycles. The number of nitrogens with one attached hydrogen (secondary N) is 1. The molecular formula is C26H31N7O2S. The normalized spacial score (nSPS) is 18.7. The number of rotatable bonds is 7. The van der Waals surface area contributed by atoms with E-state index in [2.05, 4.69) is 34.0 Å². The van der Waals surface area contributed by atoms with E-state index in [9.17, 15) is 4.79 Å². The minimum absolute atomic E-state index is 0.0664. The highest BCUT2D eigenvalue weighted by Gasteiger charge is 2.26. The fourth-order valence-electron chi connectivity index (χ4n) is 4.73. The highest BCUT2D eigenvalue weighted by atomic mass is 32.1. The molecule has 0 atom stereocenters. The summed E-state index contributed by atoms with van der Waals surface area (Å²) in [5.41, 5.74) is 10.7. The molecule has 9 nitrogen and oxygen atoms in total. The molecule has 188 valence electrons. The van der Waals surface area contributed by atoms with Crippen LogP contribution in [0, 0.1) is 0 Å². The number of amides is 1. The van der Waals surface area contributed by atoms with Crippen molar-refractivity contribution < 1.29 is 9.53 Å². The molecule has 1 amide bonds. The number of nitrogens with two attached hydrogens (primary N) is 1. The summed E-state index contributed by atoms with van der Waals surface area (Å²) in [6, 6.07) is 4.46. The molecule has 0 radical (unpaired) electrons. The molecule has 0 bridgehead atoms. The summed E-state index contributed by atoms with van der Waals surface area (Å²) in [5, 5.41) is 3.46. The van der Waals surface area contributed by atoms with Gasteiger partial charge >= 0.3 is 0 Å². The molecule has 0 unspecified atom stereocenters. The summed E-state index contributed by atoms with van der Waals surface area (Å²) < 4.78 is 7.72. The van der Waals surface area contributed by atoms with Gasteiger partial charge in [-0.1, -0.05) is 12.2 Å². The molecule has 5 rings (SSSR count). The van der Waals surface area contributed by atoms with Crippen LogP contribution < -0.4 is 15.8 Å². The van der Waals surface area contributed by atoms with Crippen molar-refractivity contribution in [1.82, 2.24) is 24.8 Å². The average Bonchev–Trinajstić information content (AvgIpc) is 3.51. The van der Waals surface area contributed by atoms with E-state index >= 15 is 0 Å². The lowest BCUT2D eigenvalue weighted by Crippen LogP contribution is -2.45. The van der Waals surface area contributed by atoms with Gasteiger partial charge in [-0.25, -0.2) is 0 Å². The first kappa shape index (κ1) is 24.3. The number of allylic oxidation sites excluding steroid dienone is 5. The Bertz CT molecular complexity index is 1220. The highest BCUT2D eigenvalue weighted by Crippen LogP contribution is 2.35. The first-order valence-electron chi connectivity index (χ1n) is 12.3. The second kappa shape index (κ2) is 11.1. The topological polar surface area (TPSA) is 111 Å². The Hall–Kier alpha value is -3.37. The van der Waals surface area contributed by atoms with Gasteiger partial charge < -0.3 is 15.4 Å². The molecule has 3 aliphatic rings. The van der Waals surface area contributed by atoms with Gasteiger partial charge in [-0.2, -0.15) is 4.98 Å². The number of hydrogen-bond donors (Lipinski definition) is 3. The van der Waals surface area contributed by atoms with Gasteiger partial charge in [0.05, 0.1) is 30.3 Å². The van der Waals surface area contributed by atoms with E-state index in [4.69, 9.17) is 15.5 Å². The lowest BCUT2D eigenvalue weighted by Gasteiger charge is -2.32. The summed E-state index contributed by atoms with van der Waals surface area (Å²) in [7, 11) is 0. The van der Waals surface area contributed by atoms with E-state index in [1.807, 2.05) is 21.6 Å². The second-order valence-corrected chi connectivity index (χ2v) is 9.63. The monoisotopic (exact) mass is 505 g/mol. The van der Waals surface area contributed by atoms with E-state index in [-0.39, 0.29) is 5.91 Å². The van der Waals surface area contributed by atoms with Crippen LogP contribution in [0.2, 0.25) is 0 Å². The number of carbonyl (C=O) groups is 1. The number of nitrogens with zero attached hydrogens (tertiary/aromatic N) is 5. The van der Waals surface area contributed by atoms with Crippen LogP contribution in [0.3, 0.4) is 0 Å². The molecule has 0 spiro atoms. The molecule has 2 aliphatic heterocycles. The largest absolute Gasteiger partial charge is 0.463 e. The maximum absolute atomic E-state index is 12.6. The standard InChI is InChI=1S/C26H31N7O2S/c27-22(24-23(18-1-3-21(36)4-2-18)31-26-33(24)15-16-35-26)7-12-29-17-30-20-8-13-32(14-9-20)25(34)19-5-10-28-11-6-19/h1,3,5-7,10-12,20,30,36H,2,4,8-9,13-17,27H2/b22-7-,29-12-. The number of aliphatic imine (C=N–C) groups is 1. The van der Waals surface area contributed by atoms with Crippen LogP contribution in [-0.2, 0) is 6.54 Å². The van der Waals surface area contributed by atoms with E-state index in [0.717, 1.165) is 67.2 Å². The van der Waals surface area contributed by atoms with E-state index in [1.54, 1.807) is 30.7 Å². The zero-order valence-corrected chi connectivity index (χ0v) is 21.0. The minimum atomic E-state index is 0.0664. The molecule has 1 saturated heterocycles. The Kier molecular flexibility index (Phi) is 7.52. The number of ether oxygens (including phenoxy) is 1. The van der Waals surface area contributed by atoms with Gasteiger partial charge in [-0.3, -0.25) is 24.7 Å². The van der Waals surface area contributed by atoms with Crippen molar-refractivity contribution in [3.05, 3.63) is 64.6 Å². The van der Waals surface area contributed by atoms with Crippen LogP contribution in [0.1, 0.15) is 47.4 Å². The number of pyridine rings is 1. The third-order valence-corrected chi connectivity index (χ3v) is 7.10. The van der Waals surface area contributed by atoms with Gasteiger partial charge in [-0.05, 0) is 54.4 Å². The predicted octanol–water partition coefficient (Wildman–Crippen LogP) is 2.88. The van der Waals surface area contributed by atoms with Crippen LogP contribution in [0.15, 0.2) is 52.7 Å². The Morgan fingerprint density at radius 3 is 2.78 bits per heavy atom. The first-order chi connectivity index (χ1) is 17.6. The van der Waals surface area contributed by atoms with Crippen molar-refractivity contribution in [2.75, 3.05) is 26.4 Å². The molecule has 1 aliphatic carbocycles.